The first-order valence-corrected chi connectivity index (χ1v) is 4.74. The fourth-order valence-corrected chi connectivity index (χ4v) is 0.501. The van der Waals surface area contributed by atoms with Crippen LogP contribution in [0, 0.1) is 5.92 Å². The molecule has 0 heterocycles. The third-order valence-electron chi connectivity index (χ3n) is 1.62. The van der Waals surface area contributed by atoms with Gasteiger partial charge in [0.25, 0.3) is 0 Å². The van der Waals surface area contributed by atoms with E-state index < -0.39 is 12.1 Å². The van der Waals surface area contributed by atoms with Crippen molar-refractivity contribution < 1.29 is 13.2 Å². The van der Waals surface area contributed by atoms with Crippen molar-refractivity contribution in [1.82, 2.24) is 0 Å². The second-order valence-electron chi connectivity index (χ2n) is 3.13. The van der Waals surface area contributed by atoms with Crippen molar-refractivity contribution in [2.24, 2.45) is 5.92 Å². The van der Waals surface area contributed by atoms with Gasteiger partial charge in [-0.05, 0) is 20.8 Å². The van der Waals surface area contributed by atoms with Gasteiger partial charge in [-0.15, -0.1) is 6.58 Å². The Hall–Kier alpha value is -0.990. The quantitative estimate of drug-likeness (QED) is 0.458. The Morgan fingerprint density at radius 1 is 1.27 bits per heavy atom. The van der Waals surface area contributed by atoms with Crippen molar-refractivity contribution in [3.8, 4) is 0 Å². The molecule has 0 fully saturated rings. The smallest absolute Gasteiger partial charge is 0.170 e. The van der Waals surface area contributed by atoms with Crippen molar-refractivity contribution in [3.05, 3.63) is 36.5 Å². The molecule has 0 saturated carbocycles. The molecule has 0 aromatic carbocycles. The third kappa shape index (κ3) is 10.9. The van der Waals surface area contributed by atoms with Gasteiger partial charge in [0.1, 0.15) is 0 Å². The normalized spacial score (nSPS) is 14.5. The van der Waals surface area contributed by atoms with E-state index in [1.54, 1.807) is 26.0 Å². The SMILES string of the molecule is C/C=C(C)\C=C/C(C)C(F)(F)F.C=CC. The summed E-state index contributed by atoms with van der Waals surface area (Å²) in [6.07, 6.45) is 2.04. The van der Waals surface area contributed by atoms with Gasteiger partial charge in [0.2, 0.25) is 0 Å². The van der Waals surface area contributed by atoms with Crippen LogP contribution in [0.1, 0.15) is 27.7 Å². The molecule has 0 nitrogen and oxygen atoms in total. The molecule has 0 saturated heterocycles. The third-order valence-corrected chi connectivity index (χ3v) is 1.62. The average Bonchev–Trinajstić information content (AvgIpc) is 2.13. The summed E-state index contributed by atoms with van der Waals surface area (Å²) in [4.78, 5) is 0. The summed E-state index contributed by atoms with van der Waals surface area (Å²) >= 11 is 0. The summed E-state index contributed by atoms with van der Waals surface area (Å²) in [6.45, 7) is 9.94. The predicted octanol–water partition coefficient (Wildman–Crippen LogP) is 4.90. The van der Waals surface area contributed by atoms with Crippen LogP contribution < -0.4 is 0 Å². The highest BCUT2D eigenvalue weighted by Crippen LogP contribution is 2.26. The minimum absolute atomic E-state index is 0.839. The first-order valence-electron chi connectivity index (χ1n) is 4.74. The lowest BCUT2D eigenvalue weighted by atomic mass is 10.1. The molecule has 1 unspecified atom stereocenters. The molecule has 0 N–H and O–H groups in total. The summed E-state index contributed by atoms with van der Waals surface area (Å²) in [5.74, 6) is -1.37. The molecule has 0 aliphatic carbocycles. The fourth-order valence-electron chi connectivity index (χ4n) is 0.501. The summed E-state index contributed by atoms with van der Waals surface area (Å²) in [5.41, 5.74) is 0.839. The summed E-state index contributed by atoms with van der Waals surface area (Å²) in [7, 11) is 0. The Balaban J connectivity index is 0. The van der Waals surface area contributed by atoms with Crippen LogP contribution in [0.5, 0.6) is 0 Å². The van der Waals surface area contributed by atoms with Gasteiger partial charge in [-0.25, -0.2) is 0 Å². The lowest BCUT2D eigenvalue weighted by Crippen LogP contribution is -2.17. The van der Waals surface area contributed by atoms with E-state index in [4.69, 9.17) is 0 Å². The zero-order chi connectivity index (χ0) is 12.5. The Bertz CT molecular complexity index is 222. The van der Waals surface area contributed by atoms with E-state index in [0.29, 0.717) is 0 Å². The molecule has 0 aromatic heterocycles. The van der Waals surface area contributed by atoms with Crippen LogP contribution in [0.3, 0.4) is 0 Å². The van der Waals surface area contributed by atoms with Crippen molar-refractivity contribution in [2.75, 3.05) is 0 Å². The number of allylic oxidation sites excluding steroid dienone is 5. The van der Waals surface area contributed by atoms with Crippen molar-refractivity contribution in [1.29, 1.82) is 0 Å². The van der Waals surface area contributed by atoms with Gasteiger partial charge in [-0.1, -0.05) is 36.8 Å². The van der Waals surface area contributed by atoms with Gasteiger partial charge in [-0.2, -0.15) is 13.2 Å². The molecule has 15 heavy (non-hydrogen) atoms. The number of halogens is 3. The molecule has 3 heteroatoms. The first-order chi connectivity index (χ1) is 6.79. The van der Waals surface area contributed by atoms with Crippen LogP contribution in [0.4, 0.5) is 13.2 Å². The Kier molecular flexibility index (Phi) is 9.13. The molecule has 0 bridgehead atoms. The maximum atomic E-state index is 11.9. The fraction of sp³-hybridized carbons (Fsp3) is 0.500. The number of hydrogen-bond donors (Lipinski definition) is 0. The number of alkyl halides is 3. The number of rotatable bonds is 2. The topological polar surface area (TPSA) is 0 Å². The molecular weight excluding hydrogens is 201 g/mol. The first kappa shape index (κ1) is 16.4. The molecule has 0 spiro atoms. The highest BCUT2D eigenvalue weighted by Gasteiger charge is 2.33. The molecule has 0 amide bonds. The van der Waals surface area contributed by atoms with Crippen LogP contribution in [0.15, 0.2) is 36.5 Å². The van der Waals surface area contributed by atoms with E-state index in [9.17, 15) is 13.2 Å². The highest BCUT2D eigenvalue weighted by atomic mass is 19.4. The van der Waals surface area contributed by atoms with Crippen LogP contribution in [-0.2, 0) is 0 Å². The lowest BCUT2D eigenvalue weighted by molar-refractivity contribution is -0.156. The molecule has 1 atom stereocenters. The van der Waals surface area contributed by atoms with Crippen molar-refractivity contribution >= 4 is 0 Å². The second-order valence-corrected chi connectivity index (χ2v) is 3.13. The van der Waals surface area contributed by atoms with Crippen LogP contribution >= 0.6 is 0 Å². The van der Waals surface area contributed by atoms with E-state index >= 15 is 0 Å². The van der Waals surface area contributed by atoms with Crippen molar-refractivity contribution in [2.45, 2.75) is 33.9 Å². The molecular formula is C12H19F3. The van der Waals surface area contributed by atoms with Gasteiger partial charge < -0.3 is 0 Å². The van der Waals surface area contributed by atoms with Crippen LogP contribution in [0.25, 0.3) is 0 Å². The van der Waals surface area contributed by atoms with Gasteiger partial charge in [0.15, 0.2) is 0 Å². The molecule has 0 radical (unpaired) electrons. The Morgan fingerprint density at radius 3 is 1.93 bits per heavy atom. The van der Waals surface area contributed by atoms with E-state index in [2.05, 4.69) is 6.58 Å². The predicted molar refractivity (Wildman–Crippen MR) is 59.7 cm³/mol. The highest BCUT2D eigenvalue weighted by molar-refractivity contribution is 5.15. The van der Waals surface area contributed by atoms with Crippen LogP contribution in [-0.4, -0.2) is 6.18 Å². The molecule has 0 rings (SSSR count). The van der Waals surface area contributed by atoms with Gasteiger partial charge in [0, 0.05) is 0 Å². The molecule has 0 aromatic rings. The number of hydrogen-bond acceptors (Lipinski definition) is 0. The average molecular weight is 220 g/mol. The van der Waals surface area contributed by atoms with E-state index in [1.165, 1.54) is 6.08 Å². The zero-order valence-corrected chi connectivity index (χ0v) is 9.73. The minimum atomic E-state index is -4.12. The summed E-state index contributed by atoms with van der Waals surface area (Å²) < 4.78 is 35.8. The largest absolute Gasteiger partial charge is 0.394 e. The van der Waals surface area contributed by atoms with Crippen molar-refractivity contribution in [3.63, 3.8) is 0 Å². The Morgan fingerprint density at radius 2 is 1.67 bits per heavy atom. The van der Waals surface area contributed by atoms with E-state index in [0.717, 1.165) is 18.6 Å². The molecule has 88 valence electrons. The van der Waals surface area contributed by atoms with Gasteiger partial charge >= 0.3 is 6.18 Å². The molecule has 0 aliphatic rings. The maximum absolute atomic E-state index is 11.9. The lowest BCUT2D eigenvalue weighted by Gasteiger charge is -2.10. The summed E-state index contributed by atoms with van der Waals surface area (Å²) in [6, 6.07) is 0. The maximum Gasteiger partial charge on any atom is 0.394 e. The second kappa shape index (κ2) is 8.33. The van der Waals surface area contributed by atoms with Gasteiger partial charge in [0.05, 0.1) is 5.92 Å². The van der Waals surface area contributed by atoms with Gasteiger partial charge in [-0.3, -0.25) is 0 Å². The zero-order valence-electron chi connectivity index (χ0n) is 9.73. The molecule has 0 aliphatic heterocycles. The summed E-state index contributed by atoms with van der Waals surface area (Å²) in [5, 5.41) is 0. The standard InChI is InChI=1S/C9H13F3.C3H6/c1-4-7(2)5-6-8(3)9(10,11)12;1-3-2/h4-6,8H,1-3H3;3H,1H2,2H3/b6-5-,7-4-;. The van der Waals surface area contributed by atoms with Crippen LogP contribution in [0.2, 0.25) is 0 Å². The van der Waals surface area contributed by atoms with E-state index in [1.807, 2.05) is 6.92 Å². The monoisotopic (exact) mass is 220 g/mol. The van der Waals surface area contributed by atoms with E-state index in [-0.39, 0.29) is 0 Å². The Labute approximate surface area is 90.2 Å². The minimum Gasteiger partial charge on any atom is -0.170 e.